The highest BCUT2D eigenvalue weighted by Crippen LogP contribution is 2.19. The summed E-state index contributed by atoms with van der Waals surface area (Å²) in [6.07, 6.45) is -3.17. The maximum atomic E-state index is 12.6. The van der Waals surface area contributed by atoms with Gasteiger partial charge in [-0.2, -0.15) is 0 Å². The summed E-state index contributed by atoms with van der Waals surface area (Å²) >= 11 is 0. The second-order valence-corrected chi connectivity index (χ2v) is 6.41. The minimum Gasteiger partial charge on any atom is -0.479 e. The van der Waals surface area contributed by atoms with E-state index in [4.69, 9.17) is 27.4 Å². The van der Waals surface area contributed by atoms with E-state index in [0.29, 0.717) is 5.56 Å². The first-order valence-corrected chi connectivity index (χ1v) is 8.11. The van der Waals surface area contributed by atoms with Crippen molar-refractivity contribution < 1.29 is 39.6 Å². The second kappa shape index (κ2) is 8.99. The van der Waals surface area contributed by atoms with Crippen LogP contribution in [0, 0.1) is 0 Å². The van der Waals surface area contributed by atoms with Crippen LogP contribution in [-0.4, -0.2) is 73.8 Å². The number of hydrogen-bond acceptors (Lipinski definition) is 9. The van der Waals surface area contributed by atoms with Gasteiger partial charge >= 0.3 is 11.9 Å². The Kier molecular flexibility index (Phi) is 7.50. The summed E-state index contributed by atoms with van der Waals surface area (Å²) in [5.74, 6) is -6.40. The fraction of sp³-hybridized carbons (Fsp3) is 0.412. The predicted molar refractivity (Wildman–Crippen MR) is 95.0 cm³/mol. The van der Waals surface area contributed by atoms with Gasteiger partial charge < -0.3 is 37.6 Å². The Labute approximate surface area is 159 Å². The van der Waals surface area contributed by atoms with Crippen molar-refractivity contribution in [1.29, 1.82) is 0 Å². The fourth-order valence-electron chi connectivity index (χ4n) is 2.47. The van der Waals surface area contributed by atoms with Gasteiger partial charge in [-0.15, -0.1) is 0 Å². The lowest BCUT2D eigenvalue weighted by Crippen LogP contribution is -2.68. The van der Waals surface area contributed by atoms with E-state index in [1.165, 1.54) is 0 Å². The van der Waals surface area contributed by atoms with Crippen LogP contribution in [0.3, 0.4) is 0 Å². The van der Waals surface area contributed by atoms with E-state index in [-0.39, 0.29) is 6.42 Å². The van der Waals surface area contributed by atoms with Crippen molar-refractivity contribution in [3.8, 4) is 0 Å². The number of carboxylic acids is 2. The number of carbonyl (C=O) groups excluding carboxylic acids is 2. The monoisotopic (exact) mass is 397 g/mol. The maximum Gasteiger partial charge on any atom is 0.334 e. The molecule has 0 aromatic heterocycles. The molecule has 4 unspecified atom stereocenters. The topological polar surface area (TPSA) is 227 Å². The van der Waals surface area contributed by atoms with E-state index >= 15 is 0 Å². The van der Waals surface area contributed by atoms with Crippen LogP contribution in [-0.2, 0) is 25.6 Å². The quantitative estimate of drug-likeness (QED) is 0.186. The van der Waals surface area contributed by atoms with Gasteiger partial charge in [0.25, 0.3) is 0 Å². The molecule has 1 aromatic rings. The molecule has 0 aliphatic heterocycles. The first-order valence-electron chi connectivity index (χ1n) is 8.11. The molecule has 11 heteroatoms. The maximum absolute atomic E-state index is 12.6. The molecule has 10 N–H and O–H groups in total. The lowest BCUT2D eigenvalue weighted by molar-refractivity contribution is -0.156. The molecular weight excluding hydrogens is 374 g/mol. The van der Waals surface area contributed by atoms with Gasteiger partial charge in [0.2, 0.25) is 5.54 Å². The van der Waals surface area contributed by atoms with Crippen molar-refractivity contribution in [2.75, 3.05) is 6.61 Å². The van der Waals surface area contributed by atoms with E-state index in [1.807, 2.05) is 0 Å². The molecular formula is C17H23N3O8. The van der Waals surface area contributed by atoms with Crippen molar-refractivity contribution in [2.45, 2.75) is 36.1 Å². The Morgan fingerprint density at radius 3 is 1.96 bits per heavy atom. The van der Waals surface area contributed by atoms with Crippen LogP contribution in [0.2, 0.25) is 0 Å². The average molecular weight is 397 g/mol. The van der Waals surface area contributed by atoms with Gasteiger partial charge in [-0.1, -0.05) is 30.3 Å². The first kappa shape index (κ1) is 23.3. The van der Waals surface area contributed by atoms with E-state index in [1.54, 1.807) is 30.3 Å². The van der Waals surface area contributed by atoms with Crippen LogP contribution in [0.15, 0.2) is 30.3 Å². The Morgan fingerprint density at radius 1 is 1.00 bits per heavy atom. The summed E-state index contributed by atoms with van der Waals surface area (Å²) in [7, 11) is 0. The van der Waals surface area contributed by atoms with Gasteiger partial charge in [0, 0.05) is 12.8 Å². The molecule has 0 saturated heterocycles. The number of rotatable bonds is 11. The summed E-state index contributed by atoms with van der Waals surface area (Å²) in [5, 5.41) is 37.8. The van der Waals surface area contributed by atoms with Gasteiger partial charge in [0.1, 0.15) is 0 Å². The number of carbonyl (C=O) groups is 4. The van der Waals surface area contributed by atoms with Crippen molar-refractivity contribution in [3.05, 3.63) is 35.9 Å². The molecule has 0 spiro atoms. The molecule has 0 radical (unpaired) electrons. The summed E-state index contributed by atoms with van der Waals surface area (Å²) < 4.78 is 0. The highest BCUT2D eigenvalue weighted by atomic mass is 16.4. The summed E-state index contributed by atoms with van der Waals surface area (Å²) in [6.45, 7) is -1.26. The van der Waals surface area contributed by atoms with Crippen LogP contribution in [0.5, 0.6) is 0 Å². The Balaban J connectivity index is 3.06. The Hall–Kier alpha value is -2.70. The number of nitrogens with two attached hydrogens (primary N) is 3. The minimum atomic E-state index is -2.85. The highest BCUT2D eigenvalue weighted by molar-refractivity contribution is 6.14. The number of benzene rings is 1. The zero-order chi connectivity index (χ0) is 21.7. The molecule has 0 bridgehead atoms. The third-order valence-corrected chi connectivity index (χ3v) is 4.43. The molecule has 0 aliphatic rings. The third kappa shape index (κ3) is 4.58. The minimum absolute atomic E-state index is 0.289. The number of aliphatic carboxylic acids is 2. The molecule has 0 amide bonds. The number of aliphatic hydroxyl groups excluding tert-OH is 2. The summed E-state index contributed by atoms with van der Waals surface area (Å²) in [4.78, 5) is 47.3. The van der Waals surface area contributed by atoms with Crippen LogP contribution >= 0.6 is 0 Å². The Morgan fingerprint density at radius 2 is 1.54 bits per heavy atom. The van der Waals surface area contributed by atoms with Crippen molar-refractivity contribution >= 4 is 23.5 Å². The van der Waals surface area contributed by atoms with Gasteiger partial charge in [-0.05, 0) is 5.56 Å². The zero-order valence-corrected chi connectivity index (χ0v) is 14.8. The zero-order valence-electron chi connectivity index (χ0n) is 14.8. The van der Waals surface area contributed by atoms with E-state index in [9.17, 15) is 29.4 Å². The standard InChI is InChI=1S/C17H23N3O8/c18-10(7-11(22)16(19,8-21)14(25)26)13(24)17(20,15(27)28)12(23)6-9-4-2-1-3-5-9/h1-5,10,12,21,23H,6-8,18-20H2,(H,25,26)(H,27,28). The van der Waals surface area contributed by atoms with Crippen LogP contribution in [0.4, 0.5) is 0 Å². The average Bonchev–Trinajstić information content (AvgIpc) is 2.65. The van der Waals surface area contributed by atoms with Crippen LogP contribution in [0.1, 0.15) is 12.0 Å². The summed E-state index contributed by atoms with van der Waals surface area (Å²) in [6, 6.07) is 6.25. The van der Waals surface area contributed by atoms with E-state index in [2.05, 4.69) is 0 Å². The summed E-state index contributed by atoms with van der Waals surface area (Å²) in [5.41, 5.74) is 11.5. The molecule has 0 aliphatic carbocycles. The molecule has 154 valence electrons. The lowest BCUT2D eigenvalue weighted by Gasteiger charge is -2.31. The fourth-order valence-corrected chi connectivity index (χ4v) is 2.47. The largest absolute Gasteiger partial charge is 0.479 e. The number of aliphatic hydroxyl groups is 2. The smallest absolute Gasteiger partial charge is 0.334 e. The number of ketones is 2. The molecule has 0 heterocycles. The normalized spacial score (nSPS) is 17.6. The predicted octanol–water partition coefficient (Wildman–Crippen LogP) is -3.00. The van der Waals surface area contributed by atoms with Crippen LogP contribution < -0.4 is 17.2 Å². The molecule has 11 nitrogen and oxygen atoms in total. The van der Waals surface area contributed by atoms with E-state index in [0.717, 1.165) is 0 Å². The van der Waals surface area contributed by atoms with E-state index < -0.39 is 59.8 Å². The second-order valence-electron chi connectivity index (χ2n) is 6.41. The highest BCUT2D eigenvalue weighted by Gasteiger charge is 2.52. The lowest BCUT2D eigenvalue weighted by atomic mass is 9.80. The van der Waals surface area contributed by atoms with Gasteiger partial charge in [-0.25, -0.2) is 9.59 Å². The first-order chi connectivity index (χ1) is 12.9. The van der Waals surface area contributed by atoms with Crippen molar-refractivity contribution in [2.24, 2.45) is 17.2 Å². The Bertz CT molecular complexity index is 756. The number of Topliss-reactive ketones (excluding diaryl/α,β-unsaturated/α-hetero) is 2. The van der Waals surface area contributed by atoms with Crippen LogP contribution in [0.25, 0.3) is 0 Å². The number of carboxylic acid groups (broad SMARTS) is 2. The number of hydrogen-bond donors (Lipinski definition) is 7. The molecule has 1 aromatic carbocycles. The molecule has 0 saturated carbocycles. The molecule has 0 fully saturated rings. The molecule has 1 rings (SSSR count). The van der Waals surface area contributed by atoms with Crippen molar-refractivity contribution in [3.63, 3.8) is 0 Å². The molecule has 28 heavy (non-hydrogen) atoms. The van der Waals surface area contributed by atoms with Gasteiger partial charge in [0.15, 0.2) is 17.1 Å². The van der Waals surface area contributed by atoms with Crippen molar-refractivity contribution in [1.82, 2.24) is 0 Å². The SMILES string of the molecule is NC(CC(=O)C(N)(CO)C(=O)O)C(=O)C(N)(C(=O)O)C(O)Cc1ccccc1. The molecule has 4 atom stereocenters. The van der Waals surface area contributed by atoms with Gasteiger partial charge in [0.05, 0.1) is 18.8 Å². The third-order valence-electron chi connectivity index (χ3n) is 4.43. The van der Waals surface area contributed by atoms with Gasteiger partial charge in [-0.3, -0.25) is 9.59 Å².